The quantitative estimate of drug-likeness (QED) is 0.835. The predicted octanol–water partition coefficient (Wildman–Crippen LogP) is 4.36. The summed E-state index contributed by atoms with van der Waals surface area (Å²) in [5.41, 5.74) is 0.924. The number of aromatic nitrogens is 3. The van der Waals surface area contributed by atoms with Gasteiger partial charge in [-0.15, -0.1) is 5.10 Å². The van der Waals surface area contributed by atoms with Crippen molar-refractivity contribution in [2.24, 2.45) is 0 Å². The highest BCUT2D eigenvalue weighted by molar-refractivity contribution is 7.98. The molecule has 1 aromatic carbocycles. The Kier molecular flexibility index (Phi) is 4.92. The predicted molar refractivity (Wildman–Crippen MR) is 76.4 cm³/mol. The number of benzene rings is 1. The number of thioether (sulfide) groups is 1. The van der Waals surface area contributed by atoms with E-state index in [9.17, 15) is 0 Å². The number of hydrogen-bond donors (Lipinski definition) is 1. The average Bonchev–Trinajstić information content (AvgIpc) is 2.77. The number of aromatic amines is 1. The van der Waals surface area contributed by atoms with Crippen LogP contribution in [0.4, 0.5) is 0 Å². The zero-order valence-corrected chi connectivity index (χ0v) is 12.2. The summed E-state index contributed by atoms with van der Waals surface area (Å²) in [4.78, 5) is 4.38. The van der Waals surface area contributed by atoms with Crippen molar-refractivity contribution < 1.29 is 0 Å². The molecule has 0 aliphatic heterocycles. The molecule has 0 amide bonds. The van der Waals surface area contributed by atoms with Gasteiger partial charge in [0.05, 0.1) is 0 Å². The molecule has 2 aromatic rings. The molecule has 0 atom stereocenters. The van der Waals surface area contributed by atoms with E-state index >= 15 is 0 Å². The van der Waals surface area contributed by atoms with Crippen molar-refractivity contribution in [3.8, 4) is 0 Å². The van der Waals surface area contributed by atoms with E-state index in [1.54, 1.807) is 0 Å². The number of halogens is 2. The van der Waals surface area contributed by atoms with Gasteiger partial charge in [0.1, 0.15) is 5.82 Å². The van der Waals surface area contributed by atoms with Gasteiger partial charge in [0, 0.05) is 22.2 Å². The third-order valence-corrected chi connectivity index (χ3v) is 3.99. The molecule has 0 spiro atoms. The third-order valence-electron chi connectivity index (χ3n) is 2.41. The number of H-pyrrole nitrogens is 1. The SMILES string of the molecule is CCCc1nc(SCc2c(Cl)cccc2Cl)n[nH]1. The molecule has 0 bridgehead atoms. The Bertz CT molecular complexity index is 508. The van der Waals surface area contributed by atoms with Crippen molar-refractivity contribution in [3.05, 3.63) is 39.6 Å². The lowest BCUT2D eigenvalue weighted by molar-refractivity contribution is 0.840. The van der Waals surface area contributed by atoms with Crippen LogP contribution in [-0.2, 0) is 12.2 Å². The van der Waals surface area contributed by atoms with E-state index < -0.39 is 0 Å². The zero-order chi connectivity index (χ0) is 13.0. The summed E-state index contributed by atoms with van der Waals surface area (Å²) in [7, 11) is 0. The Morgan fingerprint density at radius 3 is 2.67 bits per heavy atom. The number of rotatable bonds is 5. The van der Waals surface area contributed by atoms with Crippen LogP contribution in [0.2, 0.25) is 10.0 Å². The van der Waals surface area contributed by atoms with Gasteiger partial charge in [-0.25, -0.2) is 4.98 Å². The van der Waals surface area contributed by atoms with Crippen molar-refractivity contribution >= 4 is 35.0 Å². The maximum Gasteiger partial charge on any atom is 0.208 e. The molecule has 0 fully saturated rings. The van der Waals surface area contributed by atoms with Crippen LogP contribution in [0.1, 0.15) is 24.7 Å². The van der Waals surface area contributed by atoms with E-state index in [1.807, 2.05) is 18.2 Å². The lowest BCUT2D eigenvalue weighted by Gasteiger charge is -2.04. The van der Waals surface area contributed by atoms with E-state index in [4.69, 9.17) is 23.2 Å². The topological polar surface area (TPSA) is 41.6 Å². The Labute approximate surface area is 120 Å². The molecule has 96 valence electrons. The Morgan fingerprint density at radius 1 is 1.28 bits per heavy atom. The first kappa shape index (κ1) is 13.7. The fourth-order valence-corrected chi connectivity index (χ4v) is 3.06. The second-order valence-corrected chi connectivity index (χ2v) is 5.56. The summed E-state index contributed by atoms with van der Waals surface area (Å²) in [5, 5.41) is 9.16. The van der Waals surface area contributed by atoms with E-state index in [0.29, 0.717) is 15.8 Å². The minimum atomic E-state index is 0.669. The van der Waals surface area contributed by atoms with Crippen LogP contribution in [0.5, 0.6) is 0 Å². The van der Waals surface area contributed by atoms with Gasteiger partial charge in [-0.3, -0.25) is 5.10 Å². The van der Waals surface area contributed by atoms with Gasteiger partial charge in [-0.05, 0) is 24.1 Å². The summed E-state index contributed by atoms with van der Waals surface area (Å²) < 4.78 is 0. The summed E-state index contributed by atoms with van der Waals surface area (Å²) in [6, 6.07) is 5.51. The summed E-state index contributed by atoms with van der Waals surface area (Å²) >= 11 is 13.7. The van der Waals surface area contributed by atoms with Gasteiger partial charge < -0.3 is 0 Å². The van der Waals surface area contributed by atoms with Gasteiger partial charge in [0.15, 0.2) is 0 Å². The molecule has 1 N–H and O–H groups in total. The molecule has 18 heavy (non-hydrogen) atoms. The molecule has 0 saturated carbocycles. The Hall–Kier alpha value is -0.710. The highest BCUT2D eigenvalue weighted by Gasteiger charge is 2.08. The van der Waals surface area contributed by atoms with E-state index in [2.05, 4.69) is 22.1 Å². The van der Waals surface area contributed by atoms with Gasteiger partial charge in [-0.1, -0.05) is 48.0 Å². The Balaban J connectivity index is 2.02. The van der Waals surface area contributed by atoms with Crippen LogP contribution in [0.25, 0.3) is 0 Å². The lowest BCUT2D eigenvalue weighted by atomic mass is 10.2. The maximum atomic E-state index is 6.10. The van der Waals surface area contributed by atoms with Gasteiger partial charge in [0.2, 0.25) is 5.16 Å². The fraction of sp³-hybridized carbons (Fsp3) is 0.333. The minimum absolute atomic E-state index is 0.669. The maximum absolute atomic E-state index is 6.10. The summed E-state index contributed by atoms with van der Waals surface area (Å²) in [6.07, 6.45) is 1.97. The number of nitrogens with zero attached hydrogens (tertiary/aromatic N) is 2. The molecular formula is C12H13Cl2N3S. The van der Waals surface area contributed by atoms with Crippen molar-refractivity contribution in [3.63, 3.8) is 0 Å². The average molecular weight is 302 g/mol. The van der Waals surface area contributed by atoms with Crippen molar-refractivity contribution in [1.82, 2.24) is 15.2 Å². The van der Waals surface area contributed by atoms with Gasteiger partial charge in [0.25, 0.3) is 0 Å². The molecule has 1 aromatic heterocycles. The number of hydrogen-bond acceptors (Lipinski definition) is 3. The van der Waals surface area contributed by atoms with Crippen molar-refractivity contribution in [2.75, 3.05) is 0 Å². The van der Waals surface area contributed by atoms with Gasteiger partial charge in [-0.2, -0.15) is 0 Å². The smallest absolute Gasteiger partial charge is 0.208 e. The molecular weight excluding hydrogens is 289 g/mol. The van der Waals surface area contributed by atoms with E-state index in [-0.39, 0.29) is 0 Å². The van der Waals surface area contributed by atoms with Gasteiger partial charge >= 0.3 is 0 Å². The largest absolute Gasteiger partial charge is 0.262 e. The molecule has 2 rings (SSSR count). The second kappa shape index (κ2) is 6.45. The molecule has 1 heterocycles. The van der Waals surface area contributed by atoms with Crippen LogP contribution in [-0.4, -0.2) is 15.2 Å². The van der Waals surface area contributed by atoms with Crippen molar-refractivity contribution in [1.29, 1.82) is 0 Å². The molecule has 0 aliphatic rings. The summed E-state index contributed by atoms with van der Waals surface area (Å²) in [5.74, 6) is 1.59. The highest BCUT2D eigenvalue weighted by atomic mass is 35.5. The second-order valence-electron chi connectivity index (χ2n) is 3.80. The van der Waals surface area contributed by atoms with Crippen LogP contribution < -0.4 is 0 Å². The first-order valence-corrected chi connectivity index (χ1v) is 7.41. The standard InChI is InChI=1S/C12H13Cl2N3S/c1-2-4-11-15-12(17-16-11)18-7-8-9(13)5-3-6-10(8)14/h3,5-6H,2,4,7H2,1H3,(H,15,16,17). The van der Waals surface area contributed by atoms with Crippen LogP contribution in [0.15, 0.2) is 23.4 Å². The monoisotopic (exact) mass is 301 g/mol. The fourth-order valence-electron chi connectivity index (χ4n) is 1.50. The van der Waals surface area contributed by atoms with Crippen molar-refractivity contribution in [2.45, 2.75) is 30.7 Å². The first-order valence-electron chi connectivity index (χ1n) is 5.67. The zero-order valence-electron chi connectivity index (χ0n) is 9.91. The lowest BCUT2D eigenvalue weighted by Crippen LogP contribution is -1.86. The Morgan fingerprint density at radius 2 is 2.00 bits per heavy atom. The normalized spacial score (nSPS) is 10.8. The third kappa shape index (κ3) is 3.40. The molecule has 0 aliphatic carbocycles. The molecule has 0 unspecified atom stereocenters. The molecule has 0 radical (unpaired) electrons. The van der Waals surface area contributed by atoms with Crippen LogP contribution in [0, 0.1) is 0 Å². The van der Waals surface area contributed by atoms with Crippen LogP contribution in [0.3, 0.4) is 0 Å². The number of aryl methyl sites for hydroxylation is 1. The molecule has 3 nitrogen and oxygen atoms in total. The summed E-state index contributed by atoms with van der Waals surface area (Å²) in [6.45, 7) is 2.11. The van der Waals surface area contributed by atoms with Crippen LogP contribution >= 0.6 is 35.0 Å². The number of nitrogens with one attached hydrogen (secondary N) is 1. The first-order chi connectivity index (χ1) is 8.70. The highest BCUT2D eigenvalue weighted by Crippen LogP contribution is 2.30. The van der Waals surface area contributed by atoms with E-state index in [0.717, 1.165) is 29.4 Å². The molecule has 0 saturated heterocycles. The minimum Gasteiger partial charge on any atom is -0.262 e. The molecule has 6 heteroatoms. The van der Waals surface area contributed by atoms with E-state index in [1.165, 1.54) is 11.8 Å².